The molecule has 1 aliphatic heterocycles. The summed E-state index contributed by atoms with van der Waals surface area (Å²) in [6.07, 6.45) is 3.27. The van der Waals surface area contributed by atoms with Crippen molar-refractivity contribution in [2.24, 2.45) is 5.41 Å². The highest BCUT2D eigenvalue weighted by molar-refractivity contribution is 5.82. The molecule has 1 amide bonds. The van der Waals surface area contributed by atoms with E-state index >= 15 is 0 Å². The molecule has 104 valence electrons. The monoisotopic (exact) mass is 267 g/mol. The Kier molecular flexibility index (Phi) is 3.57. The summed E-state index contributed by atoms with van der Waals surface area (Å²) in [6.45, 7) is 3.59. The van der Waals surface area contributed by atoms with Crippen LogP contribution in [0, 0.1) is 5.41 Å². The first-order chi connectivity index (χ1) is 8.95. The van der Waals surface area contributed by atoms with E-state index in [0.717, 1.165) is 0 Å². The van der Waals surface area contributed by atoms with E-state index < -0.39 is 23.5 Å². The molecule has 1 fully saturated rings. The fourth-order valence-corrected chi connectivity index (χ4v) is 2.01. The van der Waals surface area contributed by atoms with Crippen LogP contribution in [0.4, 0.5) is 0 Å². The predicted octanol–water partition coefficient (Wildman–Crippen LogP) is 0.0500. The second-order valence-electron chi connectivity index (χ2n) is 4.96. The Balaban J connectivity index is 2.05. The molecule has 2 N–H and O–H groups in total. The number of rotatable bonds is 4. The van der Waals surface area contributed by atoms with Gasteiger partial charge in [0.15, 0.2) is 0 Å². The summed E-state index contributed by atoms with van der Waals surface area (Å²) in [4.78, 5) is 23.4. The van der Waals surface area contributed by atoms with Crippen molar-refractivity contribution in [1.82, 2.24) is 15.1 Å². The number of carbonyl (C=O) groups excluding carboxylic acids is 1. The van der Waals surface area contributed by atoms with Gasteiger partial charge in [0.2, 0.25) is 5.91 Å². The Bertz CT molecular complexity index is 473. The Morgan fingerprint density at radius 2 is 2.37 bits per heavy atom. The van der Waals surface area contributed by atoms with E-state index in [2.05, 4.69) is 10.4 Å². The van der Waals surface area contributed by atoms with Crippen molar-refractivity contribution < 1.29 is 19.4 Å². The largest absolute Gasteiger partial charge is 0.481 e. The SMILES string of the molecule is CC(C(=O)NC1COCC1(C)C(=O)O)n1cccn1. The lowest BCUT2D eigenvalue weighted by atomic mass is 9.85. The Morgan fingerprint density at radius 1 is 1.63 bits per heavy atom. The van der Waals surface area contributed by atoms with Crippen molar-refractivity contribution >= 4 is 11.9 Å². The van der Waals surface area contributed by atoms with E-state index in [0.29, 0.717) is 0 Å². The number of amides is 1. The number of carboxylic acid groups (broad SMARTS) is 1. The number of hydrogen-bond acceptors (Lipinski definition) is 4. The summed E-state index contributed by atoms with van der Waals surface area (Å²) in [5.41, 5.74) is -1.08. The molecule has 0 aliphatic carbocycles. The fraction of sp³-hybridized carbons (Fsp3) is 0.583. The third kappa shape index (κ3) is 2.46. The summed E-state index contributed by atoms with van der Waals surface area (Å²) >= 11 is 0. The molecule has 19 heavy (non-hydrogen) atoms. The first kappa shape index (κ1) is 13.5. The third-order valence-corrected chi connectivity index (χ3v) is 3.56. The minimum atomic E-state index is -1.08. The number of carboxylic acids is 1. The topological polar surface area (TPSA) is 93.5 Å². The van der Waals surface area contributed by atoms with E-state index in [1.807, 2.05) is 0 Å². The number of carbonyl (C=O) groups is 2. The molecule has 3 atom stereocenters. The smallest absolute Gasteiger partial charge is 0.313 e. The summed E-state index contributed by atoms with van der Waals surface area (Å²) < 4.78 is 6.70. The van der Waals surface area contributed by atoms with Gasteiger partial charge in [-0.2, -0.15) is 5.10 Å². The van der Waals surface area contributed by atoms with E-state index in [-0.39, 0.29) is 19.1 Å². The molecule has 0 bridgehead atoms. The average Bonchev–Trinajstić information content (AvgIpc) is 2.99. The molecule has 0 spiro atoms. The van der Waals surface area contributed by atoms with E-state index in [9.17, 15) is 14.7 Å². The lowest BCUT2D eigenvalue weighted by Gasteiger charge is -2.26. The molecular formula is C12H17N3O4. The first-order valence-electron chi connectivity index (χ1n) is 6.06. The quantitative estimate of drug-likeness (QED) is 0.804. The molecule has 0 aromatic carbocycles. The Morgan fingerprint density at radius 3 is 2.95 bits per heavy atom. The average molecular weight is 267 g/mol. The number of hydrogen-bond donors (Lipinski definition) is 2. The molecular weight excluding hydrogens is 250 g/mol. The zero-order valence-electron chi connectivity index (χ0n) is 10.9. The predicted molar refractivity (Wildman–Crippen MR) is 65.4 cm³/mol. The van der Waals surface area contributed by atoms with Crippen LogP contribution in [-0.2, 0) is 14.3 Å². The molecule has 1 saturated heterocycles. The molecule has 1 aromatic heterocycles. The lowest BCUT2D eigenvalue weighted by molar-refractivity contribution is -0.149. The molecule has 1 aliphatic rings. The second kappa shape index (κ2) is 5.00. The summed E-state index contributed by atoms with van der Waals surface area (Å²) in [5, 5.41) is 16.0. The van der Waals surface area contributed by atoms with Crippen molar-refractivity contribution in [1.29, 1.82) is 0 Å². The maximum absolute atomic E-state index is 12.1. The summed E-state index contributed by atoms with van der Waals surface area (Å²) in [7, 11) is 0. The molecule has 0 radical (unpaired) electrons. The van der Waals surface area contributed by atoms with Crippen molar-refractivity contribution in [2.45, 2.75) is 25.9 Å². The van der Waals surface area contributed by atoms with Gasteiger partial charge in [-0.05, 0) is 19.9 Å². The zero-order valence-corrected chi connectivity index (χ0v) is 10.9. The van der Waals surface area contributed by atoms with Crippen LogP contribution in [0.3, 0.4) is 0 Å². The molecule has 7 nitrogen and oxygen atoms in total. The van der Waals surface area contributed by atoms with Crippen LogP contribution in [0.1, 0.15) is 19.9 Å². The zero-order chi connectivity index (χ0) is 14.0. The highest BCUT2D eigenvalue weighted by Gasteiger charge is 2.47. The molecule has 1 aromatic rings. The minimum absolute atomic E-state index is 0.101. The van der Waals surface area contributed by atoms with Crippen LogP contribution >= 0.6 is 0 Å². The Labute approximate surface area is 110 Å². The second-order valence-corrected chi connectivity index (χ2v) is 4.96. The summed E-state index contributed by atoms with van der Waals surface area (Å²) in [5.74, 6) is -1.24. The normalized spacial score (nSPS) is 28.0. The minimum Gasteiger partial charge on any atom is -0.481 e. The van der Waals surface area contributed by atoms with Gasteiger partial charge >= 0.3 is 5.97 Å². The Hall–Kier alpha value is -1.89. The van der Waals surface area contributed by atoms with E-state index in [1.165, 1.54) is 4.68 Å². The number of aromatic nitrogens is 2. The maximum atomic E-state index is 12.1. The highest BCUT2D eigenvalue weighted by Crippen LogP contribution is 2.29. The van der Waals surface area contributed by atoms with Crippen LogP contribution in [0.2, 0.25) is 0 Å². The number of nitrogens with one attached hydrogen (secondary N) is 1. The molecule has 7 heteroatoms. The molecule has 2 heterocycles. The van der Waals surface area contributed by atoms with Crippen molar-refractivity contribution in [2.75, 3.05) is 13.2 Å². The summed E-state index contributed by atoms with van der Waals surface area (Å²) in [6, 6.07) is 0.702. The van der Waals surface area contributed by atoms with Gasteiger partial charge in [-0.3, -0.25) is 14.3 Å². The third-order valence-electron chi connectivity index (χ3n) is 3.56. The highest BCUT2D eigenvalue weighted by atomic mass is 16.5. The lowest BCUT2D eigenvalue weighted by Crippen LogP contribution is -2.51. The van der Waals surface area contributed by atoms with Crippen LogP contribution in [-0.4, -0.2) is 46.0 Å². The van der Waals surface area contributed by atoms with Crippen molar-refractivity contribution in [3.05, 3.63) is 18.5 Å². The van der Waals surface area contributed by atoms with Gasteiger partial charge in [-0.25, -0.2) is 0 Å². The standard InChI is InChI=1S/C12H17N3O4/c1-8(15-5-3-4-13-15)10(16)14-9-6-19-7-12(9,2)11(17)18/h3-5,8-9H,6-7H2,1-2H3,(H,14,16)(H,17,18). The van der Waals surface area contributed by atoms with Crippen LogP contribution in [0.5, 0.6) is 0 Å². The first-order valence-corrected chi connectivity index (χ1v) is 6.06. The van der Waals surface area contributed by atoms with Crippen LogP contribution in [0.15, 0.2) is 18.5 Å². The molecule has 0 saturated carbocycles. The maximum Gasteiger partial charge on any atom is 0.313 e. The van der Waals surface area contributed by atoms with Gasteiger partial charge < -0.3 is 15.2 Å². The van der Waals surface area contributed by atoms with Crippen molar-refractivity contribution in [3.63, 3.8) is 0 Å². The molecule has 3 unspecified atom stereocenters. The van der Waals surface area contributed by atoms with Gasteiger partial charge in [0, 0.05) is 12.4 Å². The van der Waals surface area contributed by atoms with Crippen molar-refractivity contribution in [3.8, 4) is 0 Å². The fourth-order valence-electron chi connectivity index (χ4n) is 2.01. The van der Waals surface area contributed by atoms with Crippen LogP contribution in [0.25, 0.3) is 0 Å². The van der Waals surface area contributed by atoms with E-state index in [4.69, 9.17) is 4.74 Å². The van der Waals surface area contributed by atoms with Gasteiger partial charge in [0.1, 0.15) is 11.5 Å². The van der Waals surface area contributed by atoms with Gasteiger partial charge in [0.25, 0.3) is 0 Å². The van der Waals surface area contributed by atoms with Gasteiger partial charge in [-0.1, -0.05) is 0 Å². The number of nitrogens with zero attached hydrogens (tertiary/aromatic N) is 2. The van der Waals surface area contributed by atoms with Gasteiger partial charge in [-0.15, -0.1) is 0 Å². The van der Waals surface area contributed by atoms with Gasteiger partial charge in [0.05, 0.1) is 19.3 Å². The van der Waals surface area contributed by atoms with Crippen LogP contribution < -0.4 is 5.32 Å². The number of aliphatic carboxylic acids is 1. The molecule has 2 rings (SSSR count). The van der Waals surface area contributed by atoms with E-state index in [1.54, 1.807) is 32.3 Å². The number of ether oxygens (including phenoxy) is 1.